The van der Waals surface area contributed by atoms with Crippen LogP contribution in [0.4, 0.5) is 5.69 Å². The van der Waals surface area contributed by atoms with Crippen molar-refractivity contribution in [1.29, 1.82) is 0 Å². The van der Waals surface area contributed by atoms with E-state index in [1.54, 1.807) is 0 Å². The van der Waals surface area contributed by atoms with E-state index in [1.807, 2.05) is 31.2 Å². The van der Waals surface area contributed by atoms with E-state index in [-0.39, 0.29) is 11.9 Å². The van der Waals surface area contributed by atoms with Gasteiger partial charge in [-0.15, -0.1) is 0 Å². The first-order chi connectivity index (χ1) is 8.16. The first kappa shape index (κ1) is 11.9. The van der Waals surface area contributed by atoms with E-state index < -0.39 is 0 Å². The SMILES string of the molecule is C[C@H](N)c1ccc(N2CCCNC(=O)C2)cc1. The lowest BCUT2D eigenvalue weighted by Crippen LogP contribution is -2.32. The Morgan fingerprint density at radius 3 is 2.71 bits per heavy atom. The highest BCUT2D eigenvalue weighted by Crippen LogP contribution is 2.18. The van der Waals surface area contributed by atoms with Crippen molar-refractivity contribution in [2.24, 2.45) is 5.73 Å². The molecule has 17 heavy (non-hydrogen) atoms. The summed E-state index contributed by atoms with van der Waals surface area (Å²) in [6, 6.07) is 8.19. The number of nitrogens with zero attached hydrogens (tertiary/aromatic N) is 1. The number of nitrogens with one attached hydrogen (secondary N) is 1. The van der Waals surface area contributed by atoms with Gasteiger partial charge in [0.25, 0.3) is 0 Å². The summed E-state index contributed by atoms with van der Waals surface area (Å²) in [7, 11) is 0. The molecule has 1 amide bonds. The lowest BCUT2D eigenvalue weighted by molar-refractivity contribution is -0.119. The predicted molar refractivity (Wildman–Crippen MR) is 68.9 cm³/mol. The molecule has 1 fully saturated rings. The van der Waals surface area contributed by atoms with Crippen LogP contribution in [-0.2, 0) is 4.79 Å². The molecular formula is C13H19N3O. The Morgan fingerprint density at radius 2 is 2.06 bits per heavy atom. The van der Waals surface area contributed by atoms with Gasteiger partial charge in [-0.05, 0) is 31.0 Å². The molecule has 3 N–H and O–H groups in total. The number of carbonyl (C=O) groups is 1. The van der Waals surface area contributed by atoms with Crippen molar-refractivity contribution in [2.75, 3.05) is 24.5 Å². The predicted octanol–water partition coefficient (Wildman–Crippen LogP) is 1.03. The van der Waals surface area contributed by atoms with Crippen LogP contribution in [0.1, 0.15) is 24.9 Å². The summed E-state index contributed by atoms with van der Waals surface area (Å²) >= 11 is 0. The summed E-state index contributed by atoms with van der Waals surface area (Å²) in [6.45, 7) is 4.09. The van der Waals surface area contributed by atoms with Crippen molar-refractivity contribution >= 4 is 11.6 Å². The minimum absolute atomic E-state index is 0.0523. The first-order valence-electron chi connectivity index (χ1n) is 6.04. The van der Waals surface area contributed by atoms with Crippen molar-refractivity contribution < 1.29 is 4.79 Å². The molecule has 0 unspecified atom stereocenters. The van der Waals surface area contributed by atoms with Gasteiger partial charge in [0.05, 0.1) is 6.54 Å². The molecule has 1 aliphatic rings. The molecule has 2 rings (SSSR count). The molecule has 0 aliphatic carbocycles. The lowest BCUT2D eigenvalue weighted by Gasteiger charge is -2.21. The third kappa shape index (κ3) is 2.97. The van der Waals surface area contributed by atoms with E-state index in [1.165, 1.54) is 0 Å². The largest absolute Gasteiger partial charge is 0.362 e. The van der Waals surface area contributed by atoms with Gasteiger partial charge in [-0.3, -0.25) is 4.79 Å². The molecule has 1 saturated heterocycles. The minimum atomic E-state index is 0.0523. The maximum absolute atomic E-state index is 11.5. The Labute approximate surface area is 102 Å². The van der Waals surface area contributed by atoms with E-state index >= 15 is 0 Å². The van der Waals surface area contributed by atoms with Crippen LogP contribution >= 0.6 is 0 Å². The summed E-state index contributed by atoms with van der Waals surface area (Å²) in [5.74, 6) is 0.0961. The van der Waals surface area contributed by atoms with Crippen LogP contribution in [0.3, 0.4) is 0 Å². The lowest BCUT2D eigenvalue weighted by atomic mass is 10.1. The molecule has 4 nitrogen and oxygen atoms in total. The number of nitrogens with two attached hydrogens (primary N) is 1. The van der Waals surface area contributed by atoms with Gasteiger partial charge in [0, 0.05) is 24.8 Å². The molecule has 1 aromatic carbocycles. The van der Waals surface area contributed by atoms with Gasteiger partial charge in [-0.1, -0.05) is 12.1 Å². The van der Waals surface area contributed by atoms with Gasteiger partial charge >= 0.3 is 0 Å². The summed E-state index contributed by atoms with van der Waals surface area (Å²) in [6.07, 6.45) is 0.987. The molecule has 0 aromatic heterocycles. The summed E-state index contributed by atoms with van der Waals surface area (Å²) in [4.78, 5) is 13.6. The zero-order chi connectivity index (χ0) is 12.3. The molecule has 0 spiro atoms. The summed E-state index contributed by atoms with van der Waals surface area (Å²) < 4.78 is 0. The fourth-order valence-electron chi connectivity index (χ4n) is 2.02. The van der Waals surface area contributed by atoms with Crippen molar-refractivity contribution in [3.8, 4) is 0 Å². The second-order valence-corrected chi connectivity index (χ2v) is 4.51. The molecule has 92 valence electrons. The Morgan fingerprint density at radius 1 is 1.35 bits per heavy atom. The molecule has 1 aliphatic heterocycles. The maximum Gasteiger partial charge on any atom is 0.239 e. The molecule has 0 radical (unpaired) electrons. The van der Waals surface area contributed by atoms with Gasteiger partial charge in [0.15, 0.2) is 0 Å². The van der Waals surface area contributed by atoms with E-state index in [0.717, 1.165) is 30.8 Å². The second-order valence-electron chi connectivity index (χ2n) is 4.51. The normalized spacial score (nSPS) is 18.5. The van der Waals surface area contributed by atoms with Crippen LogP contribution in [0, 0.1) is 0 Å². The van der Waals surface area contributed by atoms with Gasteiger partial charge in [-0.25, -0.2) is 0 Å². The van der Waals surface area contributed by atoms with Crippen molar-refractivity contribution in [3.63, 3.8) is 0 Å². The second kappa shape index (κ2) is 5.19. The van der Waals surface area contributed by atoms with E-state index in [2.05, 4.69) is 10.2 Å². The molecule has 0 bridgehead atoms. The highest BCUT2D eigenvalue weighted by Gasteiger charge is 2.14. The molecule has 1 aromatic rings. The quantitative estimate of drug-likeness (QED) is 0.802. The van der Waals surface area contributed by atoms with Crippen LogP contribution in [0.5, 0.6) is 0 Å². The number of carbonyl (C=O) groups excluding carboxylic acids is 1. The monoisotopic (exact) mass is 233 g/mol. The number of hydrogen-bond donors (Lipinski definition) is 2. The first-order valence-corrected chi connectivity index (χ1v) is 6.04. The number of amides is 1. The average molecular weight is 233 g/mol. The Bertz CT molecular complexity index is 386. The zero-order valence-corrected chi connectivity index (χ0v) is 10.1. The average Bonchev–Trinajstić information content (AvgIpc) is 2.54. The van der Waals surface area contributed by atoms with E-state index in [4.69, 9.17) is 5.73 Å². The van der Waals surface area contributed by atoms with E-state index in [0.29, 0.717) is 6.54 Å². The number of benzene rings is 1. The van der Waals surface area contributed by atoms with Crippen molar-refractivity contribution in [3.05, 3.63) is 29.8 Å². The van der Waals surface area contributed by atoms with Crippen LogP contribution in [-0.4, -0.2) is 25.5 Å². The molecule has 0 saturated carbocycles. The topological polar surface area (TPSA) is 58.4 Å². The number of hydrogen-bond acceptors (Lipinski definition) is 3. The molecular weight excluding hydrogens is 214 g/mol. The van der Waals surface area contributed by atoms with Crippen LogP contribution in [0.25, 0.3) is 0 Å². The fourth-order valence-corrected chi connectivity index (χ4v) is 2.02. The Kier molecular flexibility index (Phi) is 3.64. The van der Waals surface area contributed by atoms with Crippen molar-refractivity contribution in [2.45, 2.75) is 19.4 Å². The fraction of sp³-hybridized carbons (Fsp3) is 0.462. The van der Waals surface area contributed by atoms with Crippen LogP contribution in [0.2, 0.25) is 0 Å². The molecule has 4 heteroatoms. The Balaban J connectivity index is 2.12. The highest BCUT2D eigenvalue weighted by atomic mass is 16.2. The van der Waals surface area contributed by atoms with Crippen LogP contribution in [0.15, 0.2) is 24.3 Å². The summed E-state index contributed by atoms with van der Waals surface area (Å²) in [5, 5.41) is 2.87. The van der Waals surface area contributed by atoms with Crippen molar-refractivity contribution in [1.82, 2.24) is 5.32 Å². The van der Waals surface area contributed by atoms with Gasteiger partial charge in [0.1, 0.15) is 0 Å². The molecule has 1 heterocycles. The number of anilines is 1. The highest BCUT2D eigenvalue weighted by molar-refractivity contribution is 5.81. The number of rotatable bonds is 2. The van der Waals surface area contributed by atoms with E-state index in [9.17, 15) is 4.79 Å². The maximum atomic E-state index is 11.5. The zero-order valence-electron chi connectivity index (χ0n) is 10.1. The van der Waals surface area contributed by atoms with Gasteiger partial charge in [-0.2, -0.15) is 0 Å². The standard InChI is InChI=1S/C13H19N3O/c1-10(14)11-3-5-12(6-4-11)16-8-2-7-15-13(17)9-16/h3-6,10H,2,7-9,14H2,1H3,(H,15,17)/t10-/m0/s1. The van der Waals surface area contributed by atoms with Gasteiger partial charge in [0.2, 0.25) is 5.91 Å². The van der Waals surface area contributed by atoms with Gasteiger partial charge < -0.3 is 16.0 Å². The van der Waals surface area contributed by atoms with Crippen LogP contribution < -0.4 is 16.0 Å². The minimum Gasteiger partial charge on any atom is -0.362 e. The summed E-state index contributed by atoms with van der Waals surface area (Å²) in [5.41, 5.74) is 8.02. The Hall–Kier alpha value is -1.55. The third-order valence-electron chi connectivity index (χ3n) is 3.05. The molecule has 1 atom stereocenters. The third-order valence-corrected chi connectivity index (χ3v) is 3.05. The smallest absolute Gasteiger partial charge is 0.239 e.